The van der Waals surface area contributed by atoms with Crippen molar-refractivity contribution in [3.05, 3.63) is 0 Å². The summed E-state index contributed by atoms with van der Waals surface area (Å²) in [7, 11) is 0. The van der Waals surface area contributed by atoms with E-state index in [4.69, 9.17) is 0 Å². The molecule has 3 heteroatoms. The molecule has 17 heavy (non-hydrogen) atoms. The third-order valence-corrected chi connectivity index (χ3v) is 4.48. The van der Waals surface area contributed by atoms with Gasteiger partial charge < -0.3 is 10.6 Å². The van der Waals surface area contributed by atoms with Crippen molar-refractivity contribution in [2.75, 3.05) is 13.1 Å². The monoisotopic (exact) mass is 238 g/mol. The quantitative estimate of drug-likeness (QED) is 0.770. The van der Waals surface area contributed by atoms with Gasteiger partial charge in [-0.05, 0) is 38.1 Å². The first-order chi connectivity index (χ1) is 8.15. The van der Waals surface area contributed by atoms with Gasteiger partial charge in [-0.3, -0.25) is 4.79 Å². The topological polar surface area (TPSA) is 41.1 Å². The average Bonchev–Trinajstić information content (AvgIpc) is 2.62. The first kappa shape index (κ1) is 12.9. The van der Waals surface area contributed by atoms with Crippen molar-refractivity contribution < 1.29 is 4.79 Å². The summed E-state index contributed by atoms with van der Waals surface area (Å²) in [6, 6.07) is 0. The van der Waals surface area contributed by atoms with Crippen molar-refractivity contribution in [3.8, 4) is 0 Å². The van der Waals surface area contributed by atoms with E-state index in [-0.39, 0.29) is 17.4 Å². The maximum atomic E-state index is 11.9. The van der Waals surface area contributed by atoms with Gasteiger partial charge in [0.2, 0.25) is 5.91 Å². The van der Waals surface area contributed by atoms with Crippen molar-refractivity contribution in [1.29, 1.82) is 0 Å². The number of nitrogens with one attached hydrogen (secondary N) is 2. The van der Waals surface area contributed by atoms with Crippen LogP contribution in [0.15, 0.2) is 0 Å². The molecule has 0 aromatic carbocycles. The Bertz CT molecular complexity index is 275. The molecule has 2 bridgehead atoms. The van der Waals surface area contributed by atoms with Crippen LogP contribution >= 0.6 is 0 Å². The lowest BCUT2D eigenvalue weighted by Gasteiger charge is -2.33. The highest BCUT2D eigenvalue weighted by Crippen LogP contribution is 2.36. The normalized spacial score (nSPS) is 33.4. The Morgan fingerprint density at radius 2 is 2.41 bits per heavy atom. The number of rotatable bonds is 5. The van der Waals surface area contributed by atoms with E-state index in [2.05, 4.69) is 17.6 Å². The molecule has 1 heterocycles. The van der Waals surface area contributed by atoms with Gasteiger partial charge >= 0.3 is 0 Å². The number of hydrogen-bond acceptors (Lipinski definition) is 2. The third-order valence-electron chi connectivity index (χ3n) is 4.48. The summed E-state index contributed by atoms with van der Waals surface area (Å²) in [5, 5.41) is 6.80. The molecule has 2 N–H and O–H groups in total. The van der Waals surface area contributed by atoms with Gasteiger partial charge in [-0.2, -0.15) is 0 Å². The second kappa shape index (κ2) is 5.38. The zero-order chi connectivity index (χ0) is 12.3. The lowest BCUT2D eigenvalue weighted by Crippen LogP contribution is -2.50. The number of hydrogen-bond donors (Lipinski definition) is 2. The molecule has 1 aliphatic carbocycles. The van der Waals surface area contributed by atoms with Gasteiger partial charge in [-0.25, -0.2) is 0 Å². The Kier molecular flexibility index (Phi) is 4.08. The fourth-order valence-electron chi connectivity index (χ4n) is 3.40. The lowest BCUT2D eigenvalue weighted by atomic mass is 9.80. The van der Waals surface area contributed by atoms with E-state index < -0.39 is 0 Å². The molecule has 98 valence electrons. The van der Waals surface area contributed by atoms with E-state index in [1.54, 1.807) is 0 Å². The van der Waals surface area contributed by atoms with Crippen LogP contribution in [0.25, 0.3) is 0 Å². The molecule has 3 nitrogen and oxygen atoms in total. The zero-order valence-electron chi connectivity index (χ0n) is 11.2. The van der Waals surface area contributed by atoms with Crippen LogP contribution in [0.5, 0.6) is 0 Å². The fraction of sp³-hybridized carbons (Fsp3) is 0.929. The third kappa shape index (κ3) is 3.01. The molecule has 0 aromatic heterocycles. The number of carbonyl (C=O) groups excluding carboxylic acids is 1. The van der Waals surface area contributed by atoms with Crippen molar-refractivity contribution in [2.24, 2.45) is 11.8 Å². The van der Waals surface area contributed by atoms with Gasteiger partial charge in [-0.1, -0.05) is 26.7 Å². The SMILES string of the molecule is CCCC(C)C(=O)NCC12CCCC(CN1)C2. The zero-order valence-corrected chi connectivity index (χ0v) is 11.2. The number of amides is 1. The molecule has 0 spiro atoms. The summed E-state index contributed by atoms with van der Waals surface area (Å²) in [4.78, 5) is 11.9. The van der Waals surface area contributed by atoms with Crippen molar-refractivity contribution in [3.63, 3.8) is 0 Å². The molecule has 2 rings (SSSR count). The van der Waals surface area contributed by atoms with E-state index in [9.17, 15) is 4.79 Å². The highest BCUT2D eigenvalue weighted by molar-refractivity contribution is 5.78. The van der Waals surface area contributed by atoms with E-state index >= 15 is 0 Å². The minimum atomic E-state index is 0.164. The molecular weight excluding hydrogens is 212 g/mol. The molecule has 1 saturated heterocycles. The molecule has 2 aliphatic rings. The van der Waals surface area contributed by atoms with Gasteiger partial charge in [0.1, 0.15) is 0 Å². The van der Waals surface area contributed by atoms with Crippen LogP contribution in [-0.4, -0.2) is 24.5 Å². The standard InChI is InChI=1S/C14H26N2O/c1-3-5-11(2)13(17)15-10-14-7-4-6-12(8-14)9-16-14/h11-12,16H,3-10H2,1-2H3,(H,15,17). The van der Waals surface area contributed by atoms with Crippen LogP contribution in [0.1, 0.15) is 52.4 Å². The summed E-state index contributed by atoms with van der Waals surface area (Å²) in [5.74, 6) is 1.25. The highest BCUT2D eigenvalue weighted by Gasteiger charge is 2.41. The minimum Gasteiger partial charge on any atom is -0.354 e. The molecule has 0 aromatic rings. The molecular formula is C14H26N2O. The maximum absolute atomic E-state index is 11.9. The Labute approximate surface area is 105 Å². The van der Waals surface area contributed by atoms with Crippen molar-refractivity contribution in [1.82, 2.24) is 10.6 Å². The Morgan fingerprint density at radius 3 is 3.18 bits per heavy atom. The van der Waals surface area contributed by atoms with Crippen molar-refractivity contribution in [2.45, 2.75) is 57.9 Å². The average molecular weight is 238 g/mol. The molecule has 1 amide bonds. The van der Waals surface area contributed by atoms with Gasteiger partial charge in [0.05, 0.1) is 0 Å². The summed E-state index contributed by atoms with van der Waals surface area (Å²) in [6.07, 6.45) is 7.25. The van der Waals surface area contributed by atoms with Crippen LogP contribution in [0.3, 0.4) is 0 Å². The number of fused-ring (bicyclic) bond motifs is 2. The largest absolute Gasteiger partial charge is 0.354 e. The van der Waals surface area contributed by atoms with E-state index in [0.717, 1.165) is 31.8 Å². The van der Waals surface area contributed by atoms with E-state index in [1.807, 2.05) is 6.92 Å². The maximum Gasteiger partial charge on any atom is 0.222 e. The Morgan fingerprint density at radius 1 is 1.59 bits per heavy atom. The van der Waals surface area contributed by atoms with E-state index in [0.29, 0.717) is 0 Å². The van der Waals surface area contributed by atoms with Crippen LogP contribution < -0.4 is 10.6 Å². The summed E-state index contributed by atoms with van der Waals surface area (Å²) >= 11 is 0. The second-order valence-corrected chi connectivity index (χ2v) is 6.03. The van der Waals surface area contributed by atoms with E-state index in [1.165, 1.54) is 25.7 Å². The smallest absolute Gasteiger partial charge is 0.222 e. The summed E-state index contributed by atoms with van der Waals surface area (Å²) in [6.45, 7) is 6.14. The van der Waals surface area contributed by atoms with Crippen molar-refractivity contribution >= 4 is 5.91 Å². The Hall–Kier alpha value is -0.570. The number of carbonyl (C=O) groups is 1. The van der Waals surface area contributed by atoms with Gasteiger partial charge in [0, 0.05) is 18.0 Å². The predicted molar refractivity (Wildman–Crippen MR) is 69.8 cm³/mol. The first-order valence-corrected chi connectivity index (χ1v) is 7.18. The predicted octanol–water partition coefficient (Wildman–Crippen LogP) is 2.07. The molecule has 1 aliphatic heterocycles. The molecule has 0 radical (unpaired) electrons. The van der Waals surface area contributed by atoms with Gasteiger partial charge in [0.25, 0.3) is 0 Å². The van der Waals surface area contributed by atoms with Crippen LogP contribution in [0, 0.1) is 11.8 Å². The van der Waals surface area contributed by atoms with Crippen LogP contribution in [-0.2, 0) is 4.79 Å². The summed E-state index contributed by atoms with van der Waals surface area (Å²) in [5.41, 5.74) is 0.227. The van der Waals surface area contributed by atoms with Crippen LogP contribution in [0.2, 0.25) is 0 Å². The molecule has 2 fully saturated rings. The minimum absolute atomic E-state index is 0.164. The fourth-order valence-corrected chi connectivity index (χ4v) is 3.40. The molecule has 3 atom stereocenters. The molecule has 3 unspecified atom stereocenters. The molecule has 1 saturated carbocycles. The van der Waals surface area contributed by atoms with Gasteiger partial charge in [-0.15, -0.1) is 0 Å². The summed E-state index contributed by atoms with van der Waals surface area (Å²) < 4.78 is 0. The van der Waals surface area contributed by atoms with Crippen LogP contribution in [0.4, 0.5) is 0 Å². The lowest BCUT2D eigenvalue weighted by molar-refractivity contribution is -0.125. The van der Waals surface area contributed by atoms with Gasteiger partial charge in [0.15, 0.2) is 0 Å². The highest BCUT2D eigenvalue weighted by atomic mass is 16.1. The first-order valence-electron chi connectivity index (χ1n) is 7.18. The second-order valence-electron chi connectivity index (χ2n) is 6.03. The Balaban J connectivity index is 1.79.